The predicted molar refractivity (Wildman–Crippen MR) is 60.5 cm³/mol. The fraction of sp³-hybridized carbons (Fsp3) is 1.00. The van der Waals surface area contributed by atoms with E-state index in [0.29, 0.717) is 0 Å². The van der Waals surface area contributed by atoms with Gasteiger partial charge in [-0.05, 0) is 52.1 Å². The normalized spacial score (nSPS) is 36.4. The lowest BCUT2D eigenvalue weighted by Gasteiger charge is -2.33. The van der Waals surface area contributed by atoms with E-state index in [1.54, 1.807) is 0 Å². The third-order valence-corrected chi connectivity index (χ3v) is 4.06. The Bertz CT molecular complexity index is 175. The van der Waals surface area contributed by atoms with E-state index in [2.05, 4.69) is 24.1 Å². The second-order valence-corrected chi connectivity index (χ2v) is 4.91. The van der Waals surface area contributed by atoms with Crippen LogP contribution in [0.2, 0.25) is 0 Å². The van der Waals surface area contributed by atoms with Gasteiger partial charge < -0.3 is 5.32 Å². The number of likely N-dealkylation sites (tertiary alicyclic amines) is 1. The first-order valence-electron chi connectivity index (χ1n) is 6.32. The monoisotopic (exact) mass is 196 g/mol. The van der Waals surface area contributed by atoms with Crippen molar-refractivity contribution in [3.8, 4) is 0 Å². The average Bonchev–Trinajstić information content (AvgIpc) is 2.85. The molecular formula is C12H24N2. The molecule has 0 aromatic carbocycles. The van der Waals surface area contributed by atoms with Crippen molar-refractivity contribution in [2.45, 2.75) is 64.1 Å². The molecule has 0 aliphatic carbocycles. The van der Waals surface area contributed by atoms with Gasteiger partial charge >= 0.3 is 0 Å². The second kappa shape index (κ2) is 4.63. The number of hydrogen-bond donors (Lipinski definition) is 1. The molecule has 2 heteroatoms. The van der Waals surface area contributed by atoms with E-state index in [1.165, 1.54) is 45.2 Å². The van der Waals surface area contributed by atoms with Crippen LogP contribution in [0.15, 0.2) is 0 Å². The fourth-order valence-electron chi connectivity index (χ4n) is 3.07. The van der Waals surface area contributed by atoms with E-state index in [0.717, 1.165) is 18.1 Å². The van der Waals surface area contributed by atoms with Crippen molar-refractivity contribution in [1.29, 1.82) is 0 Å². The quantitative estimate of drug-likeness (QED) is 0.743. The molecule has 2 heterocycles. The molecule has 2 aliphatic heterocycles. The minimum Gasteiger partial charge on any atom is -0.312 e. The van der Waals surface area contributed by atoms with Gasteiger partial charge in [0.15, 0.2) is 0 Å². The van der Waals surface area contributed by atoms with Gasteiger partial charge in [0.2, 0.25) is 0 Å². The highest BCUT2D eigenvalue weighted by Crippen LogP contribution is 2.27. The van der Waals surface area contributed by atoms with Gasteiger partial charge in [0.1, 0.15) is 0 Å². The topological polar surface area (TPSA) is 15.3 Å². The molecule has 1 N–H and O–H groups in total. The Kier molecular flexibility index (Phi) is 3.45. The van der Waals surface area contributed by atoms with E-state index in [9.17, 15) is 0 Å². The molecule has 0 aromatic heterocycles. The summed E-state index contributed by atoms with van der Waals surface area (Å²) < 4.78 is 0. The summed E-state index contributed by atoms with van der Waals surface area (Å²) in [5, 5.41) is 3.67. The third-order valence-electron chi connectivity index (χ3n) is 4.06. The standard InChI is InChI=1S/C12H24N2/c1-3-10(2)14-9-5-7-12(14)11-6-4-8-13-11/h10-13H,3-9H2,1-2H3. The summed E-state index contributed by atoms with van der Waals surface area (Å²) in [6, 6.07) is 2.42. The first kappa shape index (κ1) is 10.4. The first-order valence-corrected chi connectivity index (χ1v) is 6.32. The van der Waals surface area contributed by atoms with Crippen LogP contribution in [0.1, 0.15) is 46.0 Å². The fourth-order valence-corrected chi connectivity index (χ4v) is 3.07. The Morgan fingerprint density at radius 2 is 2.21 bits per heavy atom. The summed E-state index contributed by atoms with van der Waals surface area (Å²) in [5.74, 6) is 0. The van der Waals surface area contributed by atoms with Crippen LogP contribution in [0.25, 0.3) is 0 Å². The van der Waals surface area contributed by atoms with Crippen LogP contribution in [-0.4, -0.2) is 36.1 Å². The minimum absolute atomic E-state index is 0.782. The van der Waals surface area contributed by atoms with Crippen LogP contribution in [-0.2, 0) is 0 Å². The summed E-state index contributed by atoms with van der Waals surface area (Å²) in [4.78, 5) is 2.74. The van der Waals surface area contributed by atoms with Gasteiger partial charge in [-0.15, -0.1) is 0 Å². The Morgan fingerprint density at radius 1 is 1.36 bits per heavy atom. The van der Waals surface area contributed by atoms with Crippen molar-refractivity contribution >= 4 is 0 Å². The third kappa shape index (κ3) is 1.96. The zero-order valence-corrected chi connectivity index (χ0v) is 9.63. The van der Waals surface area contributed by atoms with Gasteiger partial charge in [-0.25, -0.2) is 0 Å². The molecule has 0 spiro atoms. The summed E-state index contributed by atoms with van der Waals surface area (Å²) in [6.45, 7) is 7.27. The molecule has 0 radical (unpaired) electrons. The van der Waals surface area contributed by atoms with Crippen LogP contribution in [0.3, 0.4) is 0 Å². The molecule has 82 valence electrons. The molecule has 0 amide bonds. The lowest BCUT2D eigenvalue weighted by Crippen LogP contribution is -2.47. The van der Waals surface area contributed by atoms with Crippen LogP contribution < -0.4 is 5.32 Å². The van der Waals surface area contributed by atoms with Gasteiger partial charge in [0, 0.05) is 18.1 Å². The molecule has 3 atom stereocenters. The lowest BCUT2D eigenvalue weighted by atomic mass is 10.0. The highest BCUT2D eigenvalue weighted by molar-refractivity contribution is 4.93. The Morgan fingerprint density at radius 3 is 2.86 bits per heavy atom. The highest BCUT2D eigenvalue weighted by atomic mass is 15.2. The van der Waals surface area contributed by atoms with E-state index in [-0.39, 0.29) is 0 Å². The number of nitrogens with zero attached hydrogens (tertiary/aromatic N) is 1. The summed E-state index contributed by atoms with van der Waals surface area (Å²) in [5.41, 5.74) is 0. The molecule has 2 aliphatic rings. The molecule has 2 saturated heterocycles. The van der Waals surface area contributed by atoms with Crippen molar-refractivity contribution < 1.29 is 0 Å². The van der Waals surface area contributed by atoms with Crippen molar-refractivity contribution in [1.82, 2.24) is 10.2 Å². The largest absolute Gasteiger partial charge is 0.312 e. The van der Waals surface area contributed by atoms with Crippen molar-refractivity contribution in [3.05, 3.63) is 0 Å². The van der Waals surface area contributed by atoms with Gasteiger partial charge in [0.25, 0.3) is 0 Å². The Balaban J connectivity index is 1.95. The molecule has 0 aromatic rings. The SMILES string of the molecule is CCC(C)N1CCCC1C1CCCN1. The van der Waals surface area contributed by atoms with Crippen molar-refractivity contribution in [3.63, 3.8) is 0 Å². The number of nitrogens with one attached hydrogen (secondary N) is 1. The van der Waals surface area contributed by atoms with E-state index >= 15 is 0 Å². The molecular weight excluding hydrogens is 172 g/mol. The number of rotatable bonds is 3. The molecule has 2 fully saturated rings. The van der Waals surface area contributed by atoms with Gasteiger partial charge in [0.05, 0.1) is 0 Å². The molecule has 0 saturated carbocycles. The summed E-state index contributed by atoms with van der Waals surface area (Å²) in [7, 11) is 0. The summed E-state index contributed by atoms with van der Waals surface area (Å²) >= 11 is 0. The van der Waals surface area contributed by atoms with E-state index < -0.39 is 0 Å². The van der Waals surface area contributed by atoms with Gasteiger partial charge in [-0.1, -0.05) is 6.92 Å². The van der Waals surface area contributed by atoms with Crippen LogP contribution >= 0.6 is 0 Å². The maximum Gasteiger partial charge on any atom is 0.0252 e. The van der Waals surface area contributed by atoms with Gasteiger partial charge in [-0.2, -0.15) is 0 Å². The van der Waals surface area contributed by atoms with Crippen LogP contribution in [0.5, 0.6) is 0 Å². The smallest absolute Gasteiger partial charge is 0.0252 e. The van der Waals surface area contributed by atoms with Crippen molar-refractivity contribution in [2.24, 2.45) is 0 Å². The Hall–Kier alpha value is -0.0800. The molecule has 2 nitrogen and oxygen atoms in total. The zero-order chi connectivity index (χ0) is 9.97. The molecule has 2 rings (SSSR count). The van der Waals surface area contributed by atoms with Gasteiger partial charge in [-0.3, -0.25) is 4.90 Å². The number of hydrogen-bond acceptors (Lipinski definition) is 2. The predicted octanol–water partition coefficient (Wildman–Crippen LogP) is 2.00. The maximum absolute atomic E-state index is 3.67. The lowest BCUT2D eigenvalue weighted by molar-refractivity contribution is 0.159. The van der Waals surface area contributed by atoms with Crippen molar-refractivity contribution in [2.75, 3.05) is 13.1 Å². The maximum atomic E-state index is 3.67. The molecule has 14 heavy (non-hydrogen) atoms. The van der Waals surface area contributed by atoms with Crippen LogP contribution in [0, 0.1) is 0 Å². The Labute approximate surface area is 88.1 Å². The molecule has 0 bridgehead atoms. The van der Waals surface area contributed by atoms with E-state index in [4.69, 9.17) is 0 Å². The summed E-state index contributed by atoms with van der Waals surface area (Å²) in [6.07, 6.45) is 6.91. The molecule has 3 unspecified atom stereocenters. The first-order chi connectivity index (χ1) is 6.83. The second-order valence-electron chi connectivity index (χ2n) is 4.91. The minimum atomic E-state index is 0.782. The zero-order valence-electron chi connectivity index (χ0n) is 9.63. The average molecular weight is 196 g/mol. The highest BCUT2D eigenvalue weighted by Gasteiger charge is 2.34. The van der Waals surface area contributed by atoms with E-state index in [1.807, 2.05) is 0 Å². The van der Waals surface area contributed by atoms with Crippen LogP contribution in [0.4, 0.5) is 0 Å².